The van der Waals surface area contributed by atoms with Crippen molar-refractivity contribution in [1.82, 2.24) is 14.5 Å². The molecule has 5 nitrogen and oxygen atoms in total. The number of nitrogens with zero attached hydrogens (tertiary/aromatic N) is 3. The topological polar surface area (TPSA) is 47.4 Å². The summed E-state index contributed by atoms with van der Waals surface area (Å²) in [6, 6.07) is 7.95. The van der Waals surface area contributed by atoms with Crippen LogP contribution in [0.3, 0.4) is 0 Å². The van der Waals surface area contributed by atoms with Gasteiger partial charge in [-0.25, -0.2) is 4.98 Å². The third-order valence-corrected chi connectivity index (χ3v) is 4.37. The van der Waals surface area contributed by atoms with Crippen LogP contribution in [0.4, 0.5) is 0 Å². The number of rotatable bonds is 4. The van der Waals surface area contributed by atoms with E-state index < -0.39 is 0 Å². The minimum Gasteiger partial charge on any atom is -0.497 e. The minimum atomic E-state index is -0.221. The molecule has 1 fully saturated rings. The summed E-state index contributed by atoms with van der Waals surface area (Å²) in [5.41, 5.74) is 1.17. The molecule has 1 aromatic carbocycles. The smallest absolute Gasteiger partial charge is 0.245 e. The van der Waals surface area contributed by atoms with E-state index in [9.17, 15) is 4.79 Å². The Morgan fingerprint density at radius 3 is 2.77 bits per heavy atom. The van der Waals surface area contributed by atoms with Gasteiger partial charge in [0.1, 0.15) is 11.8 Å². The molecule has 0 N–H and O–H groups in total. The first-order chi connectivity index (χ1) is 10.7. The molecular formula is C17H21N3O2. The number of hydrogen-bond donors (Lipinski definition) is 0. The summed E-state index contributed by atoms with van der Waals surface area (Å²) in [5, 5.41) is 0. The lowest BCUT2D eigenvalue weighted by Gasteiger charge is -2.28. The Hall–Kier alpha value is -2.30. The van der Waals surface area contributed by atoms with Gasteiger partial charge < -0.3 is 14.2 Å². The van der Waals surface area contributed by atoms with Crippen molar-refractivity contribution in [2.45, 2.75) is 31.8 Å². The van der Waals surface area contributed by atoms with Gasteiger partial charge in [0.2, 0.25) is 5.91 Å². The van der Waals surface area contributed by atoms with Gasteiger partial charge in [0, 0.05) is 18.9 Å². The molecule has 1 aliphatic heterocycles. The van der Waals surface area contributed by atoms with Crippen molar-refractivity contribution in [3.63, 3.8) is 0 Å². The average Bonchev–Trinajstić information content (AvgIpc) is 3.24. The normalized spacial score (nSPS) is 19.2. The second-order valence-electron chi connectivity index (χ2n) is 5.65. The van der Waals surface area contributed by atoms with Crippen molar-refractivity contribution in [2.24, 2.45) is 0 Å². The lowest BCUT2D eigenvalue weighted by Crippen LogP contribution is -2.35. The first-order valence-corrected chi connectivity index (χ1v) is 7.62. The van der Waals surface area contributed by atoms with Crippen molar-refractivity contribution in [2.75, 3.05) is 13.7 Å². The zero-order valence-electron chi connectivity index (χ0n) is 13.0. The highest BCUT2D eigenvalue weighted by Crippen LogP contribution is 2.34. The summed E-state index contributed by atoms with van der Waals surface area (Å²) in [6.45, 7) is 2.74. The molecule has 0 unspecified atom stereocenters. The van der Waals surface area contributed by atoms with E-state index in [0.717, 1.165) is 25.1 Å². The summed E-state index contributed by atoms with van der Waals surface area (Å²) in [7, 11) is 1.66. The van der Waals surface area contributed by atoms with Crippen LogP contribution in [0.2, 0.25) is 0 Å². The molecule has 2 atom stereocenters. The fourth-order valence-corrected chi connectivity index (χ4v) is 3.07. The Balaban J connectivity index is 1.78. The molecule has 116 valence electrons. The van der Waals surface area contributed by atoms with Crippen molar-refractivity contribution in [3.8, 4) is 5.75 Å². The van der Waals surface area contributed by atoms with Gasteiger partial charge in [-0.15, -0.1) is 0 Å². The van der Waals surface area contributed by atoms with Crippen LogP contribution in [-0.2, 0) is 4.79 Å². The lowest BCUT2D eigenvalue weighted by atomic mass is 10.0. The predicted octanol–water partition coefficient (Wildman–Crippen LogP) is 2.82. The molecule has 1 saturated heterocycles. The number of likely N-dealkylation sites (tertiary alicyclic amines) is 1. The third-order valence-electron chi connectivity index (χ3n) is 4.37. The fraction of sp³-hybridized carbons (Fsp3) is 0.412. The Morgan fingerprint density at radius 2 is 2.14 bits per heavy atom. The van der Waals surface area contributed by atoms with E-state index in [1.807, 2.05) is 34.7 Å². The second kappa shape index (κ2) is 6.22. The summed E-state index contributed by atoms with van der Waals surface area (Å²) in [5.74, 6) is 0.989. The van der Waals surface area contributed by atoms with Crippen LogP contribution in [0, 0.1) is 0 Å². The summed E-state index contributed by atoms with van der Waals surface area (Å²) < 4.78 is 7.06. The number of carbonyl (C=O) groups is 1. The van der Waals surface area contributed by atoms with Crippen molar-refractivity contribution in [3.05, 3.63) is 48.5 Å². The third kappa shape index (κ3) is 2.71. The quantitative estimate of drug-likeness (QED) is 0.872. The van der Waals surface area contributed by atoms with E-state index >= 15 is 0 Å². The largest absolute Gasteiger partial charge is 0.497 e. The number of methoxy groups -OCH3 is 1. The molecule has 0 radical (unpaired) electrons. The number of aromatic nitrogens is 2. The highest BCUT2D eigenvalue weighted by atomic mass is 16.5. The number of hydrogen-bond acceptors (Lipinski definition) is 3. The molecule has 0 saturated carbocycles. The van der Waals surface area contributed by atoms with Crippen molar-refractivity contribution >= 4 is 5.91 Å². The van der Waals surface area contributed by atoms with Crippen molar-refractivity contribution in [1.29, 1.82) is 0 Å². The van der Waals surface area contributed by atoms with Crippen LogP contribution < -0.4 is 4.74 Å². The van der Waals surface area contributed by atoms with Crippen LogP contribution in [0.25, 0.3) is 0 Å². The molecule has 0 spiro atoms. The van der Waals surface area contributed by atoms with E-state index in [4.69, 9.17) is 4.74 Å². The Kier molecular flexibility index (Phi) is 4.13. The standard InChI is InChI=1S/C17H21N3O2/c1-13(19-11-9-18-12-19)17(21)20-10-3-4-16(20)14-5-7-15(22-2)8-6-14/h5-9,11-13,16H,3-4,10H2,1-2H3/t13-,16+/m1/s1. The van der Waals surface area contributed by atoms with Crippen LogP contribution in [-0.4, -0.2) is 34.0 Å². The average molecular weight is 299 g/mol. The Bertz CT molecular complexity index is 622. The van der Waals surface area contributed by atoms with Gasteiger partial charge in [-0.2, -0.15) is 0 Å². The maximum atomic E-state index is 12.8. The SMILES string of the molecule is COc1ccc([C@@H]2CCCN2C(=O)[C@@H](C)n2ccnc2)cc1. The monoisotopic (exact) mass is 299 g/mol. The van der Waals surface area contributed by atoms with E-state index in [2.05, 4.69) is 17.1 Å². The fourth-order valence-electron chi connectivity index (χ4n) is 3.07. The molecule has 5 heteroatoms. The maximum Gasteiger partial charge on any atom is 0.245 e. The van der Waals surface area contributed by atoms with Gasteiger partial charge in [-0.1, -0.05) is 12.1 Å². The van der Waals surface area contributed by atoms with Crippen LogP contribution in [0.15, 0.2) is 43.0 Å². The summed E-state index contributed by atoms with van der Waals surface area (Å²) in [6.07, 6.45) is 7.28. The minimum absolute atomic E-state index is 0.149. The molecule has 0 bridgehead atoms. The number of amides is 1. The van der Waals surface area contributed by atoms with E-state index in [0.29, 0.717) is 0 Å². The van der Waals surface area contributed by atoms with Gasteiger partial charge in [0.05, 0.1) is 19.5 Å². The van der Waals surface area contributed by atoms with E-state index in [1.165, 1.54) is 5.56 Å². The molecule has 2 aromatic rings. The number of benzene rings is 1. The van der Waals surface area contributed by atoms with Gasteiger partial charge in [0.25, 0.3) is 0 Å². The molecule has 1 aliphatic rings. The summed E-state index contributed by atoms with van der Waals surface area (Å²) in [4.78, 5) is 18.8. The van der Waals surface area contributed by atoms with Crippen LogP contribution >= 0.6 is 0 Å². The van der Waals surface area contributed by atoms with Gasteiger partial charge >= 0.3 is 0 Å². The van der Waals surface area contributed by atoms with Crippen molar-refractivity contribution < 1.29 is 9.53 Å². The molecule has 2 heterocycles. The molecule has 1 amide bonds. The van der Waals surface area contributed by atoms with Gasteiger partial charge in [-0.3, -0.25) is 4.79 Å². The number of imidazole rings is 1. The molecule has 3 rings (SSSR count). The van der Waals surface area contributed by atoms with Crippen LogP contribution in [0.5, 0.6) is 5.75 Å². The zero-order valence-corrected chi connectivity index (χ0v) is 13.0. The highest BCUT2D eigenvalue weighted by molar-refractivity contribution is 5.80. The number of ether oxygens (including phenoxy) is 1. The predicted molar refractivity (Wildman–Crippen MR) is 83.6 cm³/mol. The van der Waals surface area contributed by atoms with E-state index in [-0.39, 0.29) is 18.0 Å². The first kappa shape index (κ1) is 14.6. The van der Waals surface area contributed by atoms with Gasteiger partial charge in [-0.05, 0) is 37.5 Å². The number of carbonyl (C=O) groups excluding carboxylic acids is 1. The maximum absolute atomic E-state index is 12.8. The summed E-state index contributed by atoms with van der Waals surface area (Å²) >= 11 is 0. The second-order valence-corrected chi connectivity index (χ2v) is 5.65. The Morgan fingerprint density at radius 1 is 1.36 bits per heavy atom. The molecular weight excluding hydrogens is 278 g/mol. The first-order valence-electron chi connectivity index (χ1n) is 7.62. The highest BCUT2D eigenvalue weighted by Gasteiger charge is 2.32. The van der Waals surface area contributed by atoms with Crippen LogP contribution in [0.1, 0.15) is 37.4 Å². The van der Waals surface area contributed by atoms with E-state index in [1.54, 1.807) is 19.6 Å². The lowest BCUT2D eigenvalue weighted by molar-refractivity contribution is -0.135. The molecule has 22 heavy (non-hydrogen) atoms. The molecule has 0 aliphatic carbocycles. The zero-order chi connectivity index (χ0) is 15.5. The van der Waals surface area contributed by atoms with Gasteiger partial charge in [0.15, 0.2) is 0 Å². The Labute approximate surface area is 130 Å². The molecule has 1 aromatic heterocycles.